The van der Waals surface area contributed by atoms with Crippen molar-refractivity contribution in [3.63, 3.8) is 0 Å². The normalized spacial score (nSPS) is 18.0. The number of nitrogens with one attached hydrogen (secondary N) is 1. The average Bonchev–Trinajstić information content (AvgIpc) is 3.58. The number of benzene rings is 3. The van der Waals surface area contributed by atoms with Gasteiger partial charge in [-0.05, 0) is 106 Å². The lowest BCUT2D eigenvalue weighted by atomic mass is 9.64. The van der Waals surface area contributed by atoms with Crippen LogP contribution in [-0.4, -0.2) is 75.7 Å². The molecule has 47 heavy (non-hydrogen) atoms. The predicted octanol–water partition coefficient (Wildman–Crippen LogP) is 6.25. The summed E-state index contributed by atoms with van der Waals surface area (Å²) in [4.78, 5) is 18.4. The fourth-order valence-electron chi connectivity index (χ4n) is 7.99. The van der Waals surface area contributed by atoms with E-state index in [1.807, 2.05) is 54.6 Å². The molecular formula is C40H56N4O3. The second-order valence-electron chi connectivity index (χ2n) is 13.5. The highest BCUT2D eigenvalue weighted by Crippen LogP contribution is 2.43. The van der Waals surface area contributed by atoms with Gasteiger partial charge in [-0.3, -0.25) is 9.69 Å². The third kappa shape index (κ3) is 8.75. The molecule has 3 aromatic carbocycles. The van der Waals surface area contributed by atoms with E-state index in [-0.39, 0.29) is 11.8 Å². The van der Waals surface area contributed by atoms with Gasteiger partial charge in [0.05, 0.1) is 19.8 Å². The number of unbranched alkanes of at least 4 members (excludes halogenated alkanes) is 4. The van der Waals surface area contributed by atoms with Gasteiger partial charge in [0.15, 0.2) is 0 Å². The van der Waals surface area contributed by atoms with Crippen LogP contribution in [0.5, 0.6) is 11.5 Å². The number of carbonyl (C=O) groups is 1. The standard InChI is InChI=1S/C40H56N4O3/c1-46-37-19-14-20-38(47-2)36(37)31-44-26-21-32(22-27-44)29-42-24-12-4-3-5-13-25-43-28-23-35(30-43)40(39(41)45,33-15-8-6-9-16-33)34-17-10-7-11-18-34/h6-11,14-20,32,35,42H,3-5,12-13,21-31H2,1-2H3,(H2,41,45)/t35-/m1/s1. The van der Waals surface area contributed by atoms with E-state index in [0.29, 0.717) is 0 Å². The predicted molar refractivity (Wildman–Crippen MR) is 191 cm³/mol. The third-order valence-electron chi connectivity index (χ3n) is 10.6. The van der Waals surface area contributed by atoms with E-state index in [0.717, 1.165) is 92.9 Å². The Balaban J connectivity index is 0.958. The molecule has 0 bridgehead atoms. The maximum atomic E-state index is 13.3. The Hall–Kier alpha value is -3.39. The van der Waals surface area contributed by atoms with Crippen molar-refractivity contribution in [3.8, 4) is 11.5 Å². The van der Waals surface area contributed by atoms with Crippen LogP contribution in [0.15, 0.2) is 78.9 Å². The van der Waals surface area contributed by atoms with Crippen molar-refractivity contribution in [2.24, 2.45) is 17.6 Å². The maximum absolute atomic E-state index is 13.3. The minimum Gasteiger partial charge on any atom is -0.496 e. The van der Waals surface area contributed by atoms with Crippen molar-refractivity contribution in [1.82, 2.24) is 15.1 Å². The van der Waals surface area contributed by atoms with Crippen molar-refractivity contribution in [2.45, 2.75) is 63.3 Å². The van der Waals surface area contributed by atoms with Crippen LogP contribution in [-0.2, 0) is 16.8 Å². The van der Waals surface area contributed by atoms with E-state index < -0.39 is 5.41 Å². The first-order chi connectivity index (χ1) is 23.1. The van der Waals surface area contributed by atoms with Gasteiger partial charge in [0.25, 0.3) is 0 Å². The molecule has 2 aliphatic rings. The number of primary amides is 1. The zero-order valence-corrected chi connectivity index (χ0v) is 28.7. The number of rotatable bonds is 18. The Bertz CT molecular complexity index is 1300. The van der Waals surface area contributed by atoms with Gasteiger partial charge in [0.1, 0.15) is 16.9 Å². The fourth-order valence-corrected chi connectivity index (χ4v) is 7.99. The Morgan fingerprint density at radius 2 is 1.34 bits per heavy atom. The number of hydrogen-bond donors (Lipinski definition) is 2. The monoisotopic (exact) mass is 640 g/mol. The number of ether oxygens (including phenoxy) is 2. The minimum atomic E-state index is -0.800. The lowest BCUT2D eigenvalue weighted by molar-refractivity contribution is -0.123. The van der Waals surface area contributed by atoms with Crippen molar-refractivity contribution in [2.75, 3.05) is 60.0 Å². The lowest BCUT2D eigenvalue weighted by Gasteiger charge is -2.37. The molecular weight excluding hydrogens is 584 g/mol. The van der Waals surface area contributed by atoms with Crippen LogP contribution in [0.25, 0.3) is 0 Å². The second kappa shape index (κ2) is 17.7. The maximum Gasteiger partial charge on any atom is 0.232 e. The van der Waals surface area contributed by atoms with Crippen LogP contribution in [0.3, 0.4) is 0 Å². The van der Waals surface area contributed by atoms with E-state index in [2.05, 4.69) is 39.4 Å². The van der Waals surface area contributed by atoms with Crippen LogP contribution in [0, 0.1) is 11.8 Å². The van der Waals surface area contributed by atoms with Crippen molar-refractivity contribution in [1.29, 1.82) is 0 Å². The van der Waals surface area contributed by atoms with Crippen LogP contribution in [0.4, 0.5) is 0 Å². The summed E-state index contributed by atoms with van der Waals surface area (Å²) in [5.41, 5.74) is 8.64. The number of hydrogen-bond acceptors (Lipinski definition) is 6. The summed E-state index contributed by atoms with van der Waals surface area (Å²) in [7, 11) is 3.47. The van der Waals surface area contributed by atoms with Crippen LogP contribution < -0.4 is 20.5 Å². The van der Waals surface area contributed by atoms with Gasteiger partial charge >= 0.3 is 0 Å². The SMILES string of the molecule is COc1cccc(OC)c1CN1CCC(CNCCCCCCCN2CC[C@@H](C(C(N)=O)(c3ccccc3)c3ccccc3)C2)CC1. The number of piperidine rings is 1. The summed E-state index contributed by atoms with van der Waals surface area (Å²) in [6.45, 7) is 8.37. The number of methoxy groups -OCH3 is 2. The molecule has 1 atom stereocenters. The first-order valence-corrected chi connectivity index (χ1v) is 17.8. The van der Waals surface area contributed by atoms with Gasteiger partial charge < -0.3 is 25.4 Å². The summed E-state index contributed by atoms with van der Waals surface area (Å²) >= 11 is 0. The Morgan fingerprint density at radius 1 is 0.766 bits per heavy atom. The first-order valence-electron chi connectivity index (χ1n) is 17.8. The van der Waals surface area contributed by atoms with E-state index in [9.17, 15) is 4.79 Å². The smallest absolute Gasteiger partial charge is 0.232 e. The van der Waals surface area contributed by atoms with Crippen LogP contribution in [0.2, 0.25) is 0 Å². The van der Waals surface area contributed by atoms with E-state index >= 15 is 0 Å². The molecule has 254 valence electrons. The van der Waals surface area contributed by atoms with E-state index in [4.69, 9.17) is 15.2 Å². The molecule has 0 spiro atoms. The van der Waals surface area contributed by atoms with Crippen molar-refractivity contribution < 1.29 is 14.3 Å². The number of carbonyl (C=O) groups excluding carboxylic acids is 1. The van der Waals surface area contributed by atoms with Crippen molar-refractivity contribution >= 4 is 5.91 Å². The molecule has 2 aliphatic heterocycles. The third-order valence-corrected chi connectivity index (χ3v) is 10.6. The molecule has 2 heterocycles. The number of nitrogens with zero attached hydrogens (tertiary/aromatic N) is 2. The van der Waals surface area contributed by atoms with E-state index in [1.54, 1.807) is 14.2 Å². The average molecular weight is 641 g/mol. The Labute approximate surface area is 282 Å². The molecule has 0 saturated carbocycles. The van der Waals surface area contributed by atoms with E-state index in [1.165, 1.54) is 44.9 Å². The van der Waals surface area contributed by atoms with Gasteiger partial charge in [0.2, 0.25) is 5.91 Å². The molecule has 7 heteroatoms. The summed E-state index contributed by atoms with van der Waals surface area (Å²) < 4.78 is 11.2. The van der Waals surface area contributed by atoms with Gasteiger partial charge in [-0.1, -0.05) is 86.0 Å². The highest BCUT2D eigenvalue weighted by molar-refractivity contribution is 5.91. The highest BCUT2D eigenvalue weighted by Gasteiger charge is 2.49. The quantitative estimate of drug-likeness (QED) is 0.160. The largest absolute Gasteiger partial charge is 0.496 e. The fraction of sp³-hybridized carbons (Fsp3) is 0.525. The summed E-state index contributed by atoms with van der Waals surface area (Å²) in [5, 5.41) is 3.74. The molecule has 0 radical (unpaired) electrons. The molecule has 0 unspecified atom stereocenters. The molecule has 5 rings (SSSR count). The number of amides is 1. The molecule has 1 amide bonds. The highest BCUT2D eigenvalue weighted by atomic mass is 16.5. The minimum absolute atomic E-state index is 0.166. The topological polar surface area (TPSA) is 80.1 Å². The van der Waals surface area contributed by atoms with Gasteiger partial charge in [-0.25, -0.2) is 0 Å². The molecule has 7 nitrogen and oxygen atoms in total. The molecule has 0 aromatic heterocycles. The van der Waals surface area contributed by atoms with Gasteiger partial charge in [0, 0.05) is 13.1 Å². The first kappa shape index (κ1) is 34.9. The Morgan fingerprint density at radius 3 is 1.94 bits per heavy atom. The second-order valence-corrected chi connectivity index (χ2v) is 13.5. The molecule has 2 fully saturated rings. The number of nitrogens with two attached hydrogens (primary N) is 1. The molecule has 2 saturated heterocycles. The van der Waals surface area contributed by atoms with Crippen LogP contribution >= 0.6 is 0 Å². The Kier molecular flexibility index (Phi) is 13.1. The van der Waals surface area contributed by atoms with Gasteiger partial charge in [-0.2, -0.15) is 0 Å². The zero-order chi connectivity index (χ0) is 32.9. The summed E-state index contributed by atoms with van der Waals surface area (Å²) in [6, 6.07) is 26.4. The summed E-state index contributed by atoms with van der Waals surface area (Å²) in [6.07, 6.45) is 9.72. The molecule has 0 aliphatic carbocycles. The molecule has 3 aromatic rings. The lowest BCUT2D eigenvalue weighted by Crippen LogP contribution is -2.49. The van der Waals surface area contributed by atoms with Crippen LogP contribution in [0.1, 0.15) is 68.1 Å². The molecule has 3 N–H and O–H groups in total. The number of likely N-dealkylation sites (tertiary alicyclic amines) is 2. The van der Waals surface area contributed by atoms with Gasteiger partial charge in [-0.15, -0.1) is 0 Å². The summed E-state index contributed by atoms with van der Waals surface area (Å²) in [5.74, 6) is 2.50. The zero-order valence-electron chi connectivity index (χ0n) is 28.7. The van der Waals surface area contributed by atoms with Crippen molar-refractivity contribution in [3.05, 3.63) is 95.6 Å².